The van der Waals surface area contributed by atoms with Crippen LogP contribution in [0.3, 0.4) is 0 Å². The molecule has 0 radical (unpaired) electrons. The lowest BCUT2D eigenvalue weighted by Gasteiger charge is -2.26. The highest BCUT2D eigenvalue weighted by Crippen LogP contribution is 2.16. The van der Waals surface area contributed by atoms with Crippen molar-refractivity contribution in [1.82, 2.24) is 10.2 Å². The third-order valence-corrected chi connectivity index (χ3v) is 4.16. The molecule has 0 spiro atoms. The molecule has 1 N–H and O–H groups in total. The van der Waals surface area contributed by atoms with Gasteiger partial charge in [-0.3, -0.25) is 4.90 Å². The number of hydrogen-bond donors (Lipinski definition) is 1. The van der Waals surface area contributed by atoms with Crippen molar-refractivity contribution in [3.63, 3.8) is 0 Å². The molecule has 0 aromatic heterocycles. The molecule has 1 heterocycles. The summed E-state index contributed by atoms with van der Waals surface area (Å²) in [4.78, 5) is 2.55. The van der Waals surface area contributed by atoms with Gasteiger partial charge in [0.2, 0.25) is 0 Å². The summed E-state index contributed by atoms with van der Waals surface area (Å²) in [5.74, 6) is 0.726. The predicted molar refractivity (Wildman–Crippen MR) is 91.5 cm³/mol. The molecule has 1 aromatic rings. The molecular weight excluding hydrogens is 256 g/mol. The molecule has 0 amide bonds. The Morgan fingerprint density at radius 2 is 1.95 bits per heavy atom. The zero-order valence-electron chi connectivity index (χ0n) is 13.9. The van der Waals surface area contributed by atoms with E-state index in [1.54, 1.807) is 0 Å². The van der Waals surface area contributed by atoms with Gasteiger partial charge >= 0.3 is 0 Å². The fourth-order valence-corrected chi connectivity index (χ4v) is 2.77. The van der Waals surface area contributed by atoms with Gasteiger partial charge in [-0.2, -0.15) is 0 Å². The summed E-state index contributed by atoms with van der Waals surface area (Å²) >= 11 is 0. The second-order valence-electron chi connectivity index (χ2n) is 6.65. The largest absolute Gasteiger partial charge is 0.316 e. The van der Waals surface area contributed by atoms with Crippen molar-refractivity contribution in [1.29, 1.82) is 0 Å². The average Bonchev–Trinajstić information content (AvgIpc) is 2.47. The van der Waals surface area contributed by atoms with Crippen molar-refractivity contribution in [3.8, 4) is 0 Å². The lowest BCUT2D eigenvalue weighted by atomic mass is 10.0. The summed E-state index contributed by atoms with van der Waals surface area (Å²) in [6.07, 6.45) is 4.72. The minimum absolute atomic E-state index is 0.726. The molecule has 0 saturated carbocycles. The summed E-state index contributed by atoms with van der Waals surface area (Å²) in [5, 5.41) is 3.55. The van der Waals surface area contributed by atoms with Gasteiger partial charge in [-0.25, -0.2) is 0 Å². The molecule has 2 rings (SSSR count). The molecule has 0 aliphatic carbocycles. The van der Waals surface area contributed by atoms with Crippen molar-refractivity contribution in [3.05, 3.63) is 47.0 Å². The van der Waals surface area contributed by atoms with Crippen LogP contribution in [0.15, 0.2) is 35.9 Å². The first-order valence-electron chi connectivity index (χ1n) is 8.30. The predicted octanol–water partition coefficient (Wildman–Crippen LogP) is 3.63. The van der Waals surface area contributed by atoms with Crippen LogP contribution in [0.2, 0.25) is 0 Å². The van der Waals surface area contributed by atoms with Crippen LogP contribution in [0.5, 0.6) is 0 Å². The Kier molecular flexibility index (Phi) is 6.47. The van der Waals surface area contributed by atoms with Gasteiger partial charge in [-0.15, -0.1) is 0 Å². The summed E-state index contributed by atoms with van der Waals surface area (Å²) in [5.41, 5.74) is 4.54. The Morgan fingerprint density at radius 3 is 2.62 bits per heavy atom. The molecule has 0 bridgehead atoms. The third kappa shape index (κ3) is 5.64. The van der Waals surface area contributed by atoms with Crippen LogP contribution in [-0.2, 0) is 13.0 Å². The molecule has 2 nitrogen and oxygen atoms in total. The minimum atomic E-state index is 0.726. The Balaban J connectivity index is 1.87. The van der Waals surface area contributed by atoms with Crippen molar-refractivity contribution in [2.24, 2.45) is 5.92 Å². The van der Waals surface area contributed by atoms with Gasteiger partial charge in [0.05, 0.1) is 0 Å². The van der Waals surface area contributed by atoms with Gasteiger partial charge in [-0.05, 0) is 49.9 Å². The second kappa shape index (κ2) is 8.35. The quantitative estimate of drug-likeness (QED) is 0.608. The monoisotopic (exact) mass is 286 g/mol. The molecular formula is C19H30N2. The van der Waals surface area contributed by atoms with E-state index in [0.29, 0.717) is 0 Å². The highest BCUT2D eigenvalue weighted by atomic mass is 15.1. The number of rotatable bonds is 7. The molecule has 0 saturated heterocycles. The maximum atomic E-state index is 3.55. The summed E-state index contributed by atoms with van der Waals surface area (Å²) in [6.45, 7) is 12.3. The van der Waals surface area contributed by atoms with Gasteiger partial charge in [0.25, 0.3) is 0 Å². The first-order chi connectivity index (χ1) is 10.1. The van der Waals surface area contributed by atoms with E-state index in [4.69, 9.17) is 0 Å². The fourth-order valence-electron chi connectivity index (χ4n) is 2.77. The van der Waals surface area contributed by atoms with Crippen LogP contribution in [0, 0.1) is 5.92 Å². The topological polar surface area (TPSA) is 15.3 Å². The minimum Gasteiger partial charge on any atom is -0.316 e. The van der Waals surface area contributed by atoms with Crippen molar-refractivity contribution in [2.75, 3.05) is 26.2 Å². The van der Waals surface area contributed by atoms with Crippen LogP contribution >= 0.6 is 0 Å². The van der Waals surface area contributed by atoms with Crippen molar-refractivity contribution < 1.29 is 0 Å². The zero-order chi connectivity index (χ0) is 15.1. The maximum Gasteiger partial charge on any atom is 0.0239 e. The molecule has 0 atom stereocenters. The van der Waals surface area contributed by atoms with Crippen molar-refractivity contribution >= 4 is 0 Å². The van der Waals surface area contributed by atoms with E-state index in [0.717, 1.165) is 38.5 Å². The Hall–Kier alpha value is -1.12. The van der Waals surface area contributed by atoms with E-state index in [9.17, 15) is 0 Å². The Labute approximate surface area is 130 Å². The maximum absolute atomic E-state index is 3.55. The van der Waals surface area contributed by atoms with Crippen LogP contribution in [-0.4, -0.2) is 31.1 Å². The summed E-state index contributed by atoms with van der Waals surface area (Å²) < 4.78 is 0. The Bertz CT molecular complexity index is 462. The fraction of sp³-hybridized carbons (Fsp3) is 0.579. The summed E-state index contributed by atoms with van der Waals surface area (Å²) in [7, 11) is 0. The molecule has 0 unspecified atom stereocenters. The second-order valence-corrected chi connectivity index (χ2v) is 6.65. The molecule has 116 valence electrons. The highest BCUT2D eigenvalue weighted by Gasteiger charge is 2.11. The zero-order valence-corrected chi connectivity index (χ0v) is 13.9. The van der Waals surface area contributed by atoms with E-state index in [2.05, 4.69) is 61.3 Å². The van der Waals surface area contributed by atoms with Crippen LogP contribution in [0.25, 0.3) is 0 Å². The van der Waals surface area contributed by atoms with Gasteiger partial charge in [-0.1, -0.05) is 49.8 Å². The molecule has 1 aliphatic rings. The third-order valence-electron chi connectivity index (χ3n) is 4.16. The standard InChI is InChI=1S/C19H30N2/c1-16(2)14-20-11-8-18-6-4-5-7-19(18)15-21-12-9-17(3)10-13-21/h4-7,9,16,20H,8,10-15H2,1-3H3. The van der Waals surface area contributed by atoms with E-state index < -0.39 is 0 Å². The normalized spacial score (nSPS) is 16.3. The van der Waals surface area contributed by atoms with Gasteiger partial charge < -0.3 is 5.32 Å². The van der Waals surface area contributed by atoms with Crippen LogP contribution < -0.4 is 5.32 Å². The van der Waals surface area contributed by atoms with Gasteiger partial charge in [0, 0.05) is 19.6 Å². The summed E-state index contributed by atoms with van der Waals surface area (Å²) in [6, 6.07) is 8.92. The van der Waals surface area contributed by atoms with E-state index >= 15 is 0 Å². The van der Waals surface area contributed by atoms with Crippen LogP contribution in [0.4, 0.5) is 0 Å². The number of benzene rings is 1. The number of hydrogen-bond acceptors (Lipinski definition) is 2. The number of nitrogens with zero attached hydrogens (tertiary/aromatic N) is 1. The molecule has 2 heteroatoms. The van der Waals surface area contributed by atoms with E-state index in [1.807, 2.05) is 0 Å². The first-order valence-corrected chi connectivity index (χ1v) is 8.30. The molecule has 21 heavy (non-hydrogen) atoms. The molecule has 1 aliphatic heterocycles. The Morgan fingerprint density at radius 1 is 1.19 bits per heavy atom. The van der Waals surface area contributed by atoms with Gasteiger partial charge in [0.1, 0.15) is 0 Å². The molecule has 1 aromatic carbocycles. The number of nitrogens with one attached hydrogen (secondary N) is 1. The molecule has 0 fully saturated rings. The lowest BCUT2D eigenvalue weighted by molar-refractivity contribution is 0.285. The smallest absolute Gasteiger partial charge is 0.0239 e. The van der Waals surface area contributed by atoms with E-state index in [-0.39, 0.29) is 0 Å². The lowest BCUT2D eigenvalue weighted by Crippen LogP contribution is -2.28. The average molecular weight is 286 g/mol. The van der Waals surface area contributed by atoms with Crippen LogP contribution in [0.1, 0.15) is 38.3 Å². The van der Waals surface area contributed by atoms with Crippen molar-refractivity contribution in [2.45, 2.75) is 40.2 Å². The highest BCUT2D eigenvalue weighted by molar-refractivity contribution is 5.27. The SMILES string of the molecule is CC1=CCN(Cc2ccccc2CCNCC(C)C)CC1. The van der Waals surface area contributed by atoms with E-state index in [1.165, 1.54) is 29.7 Å². The van der Waals surface area contributed by atoms with Gasteiger partial charge in [0.15, 0.2) is 0 Å². The first kappa shape index (κ1) is 16.3.